The zero-order valence-electron chi connectivity index (χ0n) is 23.2. The van der Waals surface area contributed by atoms with Gasteiger partial charge in [0.2, 0.25) is 11.8 Å². The summed E-state index contributed by atoms with van der Waals surface area (Å²) in [6.45, 7) is 7.85. The monoisotopic (exact) mass is 534 g/mol. The number of benzene rings is 2. The molecule has 2 aliphatic rings. The Kier molecular flexibility index (Phi) is 9.98. The molecule has 2 aromatic carbocycles. The number of alkyl carbamates (subject to hydrolysis) is 1. The maximum absolute atomic E-state index is 13.6. The molecule has 210 valence electrons. The van der Waals surface area contributed by atoms with E-state index in [4.69, 9.17) is 4.74 Å². The topological polar surface area (TPSA) is 91.0 Å². The highest BCUT2D eigenvalue weighted by molar-refractivity contribution is 6.00. The molecule has 0 aromatic heterocycles. The molecule has 8 nitrogen and oxygen atoms in total. The van der Waals surface area contributed by atoms with Crippen LogP contribution in [0.4, 0.5) is 4.79 Å². The molecular formula is C31H42N4O4. The van der Waals surface area contributed by atoms with E-state index in [1.807, 2.05) is 41.3 Å². The van der Waals surface area contributed by atoms with E-state index in [0.717, 1.165) is 31.6 Å². The molecule has 0 unspecified atom stereocenters. The van der Waals surface area contributed by atoms with Crippen molar-refractivity contribution < 1.29 is 19.1 Å². The minimum atomic E-state index is -0.777. The van der Waals surface area contributed by atoms with Crippen molar-refractivity contribution in [1.82, 2.24) is 20.4 Å². The Labute approximate surface area is 232 Å². The lowest BCUT2D eigenvalue weighted by molar-refractivity contribution is -0.162. The average Bonchev–Trinajstić information content (AvgIpc) is 2.95. The van der Waals surface area contributed by atoms with Gasteiger partial charge in [-0.25, -0.2) is 4.79 Å². The van der Waals surface area contributed by atoms with Crippen molar-refractivity contribution >= 4 is 17.9 Å². The molecule has 0 aliphatic carbocycles. The second kappa shape index (κ2) is 13.6. The number of rotatable bonds is 11. The fraction of sp³-hybridized carbons (Fsp3) is 0.516. The summed E-state index contributed by atoms with van der Waals surface area (Å²) in [6, 6.07) is 19.4. The number of carbonyl (C=O) groups excluding carboxylic acids is 3. The summed E-state index contributed by atoms with van der Waals surface area (Å²) in [7, 11) is 0. The van der Waals surface area contributed by atoms with Crippen LogP contribution in [0.25, 0.3) is 0 Å². The van der Waals surface area contributed by atoms with Gasteiger partial charge in [0.25, 0.3) is 0 Å². The fourth-order valence-corrected chi connectivity index (χ4v) is 5.55. The van der Waals surface area contributed by atoms with Crippen LogP contribution in [-0.2, 0) is 27.4 Å². The Balaban J connectivity index is 1.26. The first-order chi connectivity index (χ1) is 18.9. The normalized spacial score (nSPS) is 19.3. The van der Waals surface area contributed by atoms with E-state index in [1.54, 1.807) is 0 Å². The van der Waals surface area contributed by atoms with E-state index in [0.29, 0.717) is 38.8 Å². The minimum Gasteiger partial charge on any atom is -0.445 e. The maximum atomic E-state index is 13.6. The zero-order chi connectivity index (χ0) is 27.7. The van der Waals surface area contributed by atoms with Crippen LogP contribution in [0.2, 0.25) is 0 Å². The van der Waals surface area contributed by atoms with Crippen molar-refractivity contribution in [2.75, 3.05) is 32.7 Å². The van der Waals surface area contributed by atoms with E-state index >= 15 is 0 Å². The van der Waals surface area contributed by atoms with Gasteiger partial charge in [-0.2, -0.15) is 0 Å². The summed E-state index contributed by atoms with van der Waals surface area (Å²) in [5, 5.41) is 5.79. The van der Waals surface area contributed by atoms with Gasteiger partial charge in [0.05, 0.1) is 0 Å². The van der Waals surface area contributed by atoms with E-state index in [2.05, 4.69) is 53.6 Å². The molecule has 39 heavy (non-hydrogen) atoms. The Morgan fingerprint density at radius 2 is 1.67 bits per heavy atom. The average molecular weight is 535 g/mol. The third-order valence-corrected chi connectivity index (χ3v) is 7.75. The summed E-state index contributed by atoms with van der Waals surface area (Å²) >= 11 is 0. The van der Waals surface area contributed by atoms with Crippen molar-refractivity contribution in [3.05, 3.63) is 71.8 Å². The van der Waals surface area contributed by atoms with Crippen LogP contribution in [0.3, 0.4) is 0 Å². The molecule has 0 radical (unpaired) electrons. The van der Waals surface area contributed by atoms with Crippen molar-refractivity contribution in [2.45, 2.75) is 64.1 Å². The highest BCUT2D eigenvalue weighted by atomic mass is 16.5. The molecule has 1 atom stereocenters. The minimum absolute atomic E-state index is 0.00677. The third-order valence-electron chi connectivity index (χ3n) is 7.75. The molecule has 2 aliphatic heterocycles. The molecule has 2 fully saturated rings. The first-order valence-electron chi connectivity index (χ1n) is 14.2. The number of likely N-dealkylation sites (tertiary alicyclic amines) is 1. The molecule has 2 saturated heterocycles. The predicted octanol–water partition coefficient (Wildman–Crippen LogP) is 3.75. The number of ether oxygens (including phenoxy) is 1. The zero-order valence-corrected chi connectivity index (χ0v) is 23.2. The SMILES string of the molecule is CC(C)CN1C(=O)[C@H](CCCNC(=O)OCc2ccccc2)NC(=O)C12CCN(CCc1ccccc1)CC2. The van der Waals surface area contributed by atoms with E-state index in [1.165, 1.54) is 5.56 Å². The summed E-state index contributed by atoms with van der Waals surface area (Å²) in [6.07, 6.45) is 2.81. The number of hydrogen-bond acceptors (Lipinski definition) is 5. The van der Waals surface area contributed by atoms with Crippen molar-refractivity contribution in [1.29, 1.82) is 0 Å². The third kappa shape index (κ3) is 7.60. The first-order valence-corrected chi connectivity index (χ1v) is 14.2. The van der Waals surface area contributed by atoms with Gasteiger partial charge in [-0.05, 0) is 49.1 Å². The second-order valence-corrected chi connectivity index (χ2v) is 11.1. The van der Waals surface area contributed by atoms with E-state index in [9.17, 15) is 14.4 Å². The number of carbonyl (C=O) groups is 3. The summed E-state index contributed by atoms with van der Waals surface area (Å²) in [5.41, 5.74) is 1.46. The maximum Gasteiger partial charge on any atom is 0.407 e. The number of nitrogens with zero attached hydrogens (tertiary/aromatic N) is 2. The molecule has 1 spiro atoms. The predicted molar refractivity (Wildman–Crippen MR) is 151 cm³/mol. The molecule has 2 heterocycles. The second-order valence-electron chi connectivity index (χ2n) is 11.1. The standard InChI is InChI=1S/C31H42N4O4/c1-24(2)22-35-28(36)27(14-9-18-32-30(38)39-23-26-12-7-4-8-13-26)33-29(37)31(35)16-20-34(21-17-31)19-15-25-10-5-3-6-11-25/h3-8,10-13,24,27H,9,14-23H2,1-2H3,(H,32,38)(H,33,37)/t27-/m0/s1. The highest BCUT2D eigenvalue weighted by Gasteiger charge is 2.53. The summed E-state index contributed by atoms with van der Waals surface area (Å²) in [5.74, 6) is 0.216. The smallest absolute Gasteiger partial charge is 0.407 e. The fourth-order valence-electron chi connectivity index (χ4n) is 5.55. The first kappa shape index (κ1) is 28.6. The molecule has 2 aromatic rings. The van der Waals surface area contributed by atoms with Gasteiger partial charge in [0.1, 0.15) is 18.2 Å². The van der Waals surface area contributed by atoms with E-state index < -0.39 is 17.7 Å². The molecule has 2 N–H and O–H groups in total. The molecule has 4 rings (SSSR count). The van der Waals surface area contributed by atoms with Gasteiger partial charge in [-0.1, -0.05) is 74.5 Å². The van der Waals surface area contributed by atoms with Crippen LogP contribution in [0.15, 0.2) is 60.7 Å². The lowest BCUT2D eigenvalue weighted by Gasteiger charge is -2.52. The number of amides is 3. The van der Waals surface area contributed by atoms with Crippen LogP contribution >= 0.6 is 0 Å². The van der Waals surface area contributed by atoms with Crippen molar-refractivity contribution in [3.8, 4) is 0 Å². The summed E-state index contributed by atoms with van der Waals surface area (Å²) < 4.78 is 5.25. The summed E-state index contributed by atoms with van der Waals surface area (Å²) in [4.78, 5) is 43.5. The highest BCUT2D eigenvalue weighted by Crippen LogP contribution is 2.34. The van der Waals surface area contributed by atoms with Crippen molar-refractivity contribution in [2.24, 2.45) is 5.92 Å². The molecule has 3 amide bonds. The van der Waals surface area contributed by atoms with Gasteiger partial charge in [-0.3, -0.25) is 9.59 Å². The number of nitrogens with one attached hydrogen (secondary N) is 2. The Morgan fingerprint density at radius 3 is 2.31 bits per heavy atom. The molecular weight excluding hydrogens is 492 g/mol. The Hall–Kier alpha value is -3.39. The van der Waals surface area contributed by atoms with Crippen LogP contribution in [-0.4, -0.2) is 72.0 Å². The van der Waals surface area contributed by atoms with Crippen LogP contribution in [0, 0.1) is 5.92 Å². The van der Waals surface area contributed by atoms with Gasteiger partial charge in [-0.15, -0.1) is 0 Å². The van der Waals surface area contributed by atoms with Crippen LogP contribution in [0.1, 0.15) is 50.7 Å². The van der Waals surface area contributed by atoms with Crippen LogP contribution < -0.4 is 10.6 Å². The molecule has 0 saturated carbocycles. The lowest BCUT2D eigenvalue weighted by Crippen LogP contribution is -2.73. The van der Waals surface area contributed by atoms with E-state index in [-0.39, 0.29) is 24.3 Å². The number of piperazine rings is 1. The quantitative estimate of drug-likeness (QED) is 0.429. The number of hydrogen-bond donors (Lipinski definition) is 2. The Morgan fingerprint density at radius 1 is 1.03 bits per heavy atom. The number of piperidine rings is 1. The lowest BCUT2D eigenvalue weighted by atomic mass is 9.80. The van der Waals surface area contributed by atoms with Crippen LogP contribution in [0.5, 0.6) is 0 Å². The van der Waals surface area contributed by atoms with Gasteiger partial charge >= 0.3 is 6.09 Å². The Bertz CT molecular complexity index is 1080. The van der Waals surface area contributed by atoms with Crippen molar-refractivity contribution in [3.63, 3.8) is 0 Å². The largest absolute Gasteiger partial charge is 0.445 e. The van der Waals surface area contributed by atoms with Gasteiger partial charge in [0, 0.05) is 32.7 Å². The van der Waals surface area contributed by atoms with Gasteiger partial charge < -0.3 is 25.2 Å². The molecule has 8 heteroatoms. The molecule has 0 bridgehead atoms. The van der Waals surface area contributed by atoms with Gasteiger partial charge in [0.15, 0.2) is 0 Å².